The molecule has 0 spiro atoms. The van der Waals surface area contributed by atoms with Gasteiger partial charge >= 0.3 is 0 Å². The van der Waals surface area contributed by atoms with Crippen molar-refractivity contribution in [2.75, 3.05) is 13.1 Å². The summed E-state index contributed by atoms with van der Waals surface area (Å²) in [6.45, 7) is 3.55. The zero-order valence-corrected chi connectivity index (χ0v) is 11.3. The molecule has 0 radical (unpaired) electrons. The highest BCUT2D eigenvalue weighted by molar-refractivity contribution is 5.86. The second-order valence-electron chi connectivity index (χ2n) is 5.10. The summed E-state index contributed by atoms with van der Waals surface area (Å²) in [6.07, 6.45) is 3.51. The molecule has 3 nitrogen and oxygen atoms in total. The molecule has 4 heteroatoms. The van der Waals surface area contributed by atoms with Gasteiger partial charge in [0.25, 0.3) is 0 Å². The Morgan fingerprint density at radius 2 is 2.16 bits per heavy atom. The van der Waals surface area contributed by atoms with E-state index in [4.69, 9.17) is 0 Å². The van der Waals surface area contributed by atoms with E-state index in [2.05, 4.69) is 10.6 Å². The molecule has 1 saturated heterocycles. The lowest BCUT2D eigenvalue weighted by atomic mass is 9.93. The van der Waals surface area contributed by atoms with Crippen molar-refractivity contribution in [1.29, 1.82) is 0 Å². The Bertz CT molecular complexity index is 424. The van der Waals surface area contributed by atoms with Crippen LogP contribution < -0.4 is 10.6 Å². The van der Waals surface area contributed by atoms with Gasteiger partial charge in [0.2, 0.25) is 5.91 Å². The van der Waals surface area contributed by atoms with Crippen molar-refractivity contribution in [2.24, 2.45) is 0 Å². The topological polar surface area (TPSA) is 41.1 Å². The van der Waals surface area contributed by atoms with Crippen LogP contribution in [0.4, 0.5) is 4.39 Å². The average Bonchev–Trinajstić information content (AvgIpc) is 2.91. The van der Waals surface area contributed by atoms with Gasteiger partial charge in [0.15, 0.2) is 0 Å². The van der Waals surface area contributed by atoms with Crippen molar-refractivity contribution >= 4 is 5.91 Å². The van der Waals surface area contributed by atoms with Crippen LogP contribution in [0.15, 0.2) is 24.3 Å². The highest BCUT2D eigenvalue weighted by Gasteiger charge is 2.38. The van der Waals surface area contributed by atoms with E-state index in [-0.39, 0.29) is 17.3 Å². The van der Waals surface area contributed by atoms with Crippen molar-refractivity contribution in [1.82, 2.24) is 10.6 Å². The van der Waals surface area contributed by atoms with Gasteiger partial charge in [-0.2, -0.15) is 0 Å². The zero-order chi connectivity index (χ0) is 13.7. The summed E-state index contributed by atoms with van der Waals surface area (Å²) in [4.78, 5) is 12.2. The van der Waals surface area contributed by atoms with E-state index < -0.39 is 0 Å². The van der Waals surface area contributed by atoms with Gasteiger partial charge in [-0.05, 0) is 49.9 Å². The largest absolute Gasteiger partial charge is 0.354 e. The smallest absolute Gasteiger partial charge is 0.240 e. The van der Waals surface area contributed by atoms with Crippen LogP contribution in [0.5, 0.6) is 0 Å². The predicted octanol–water partition coefficient (Wildman–Crippen LogP) is 2.02. The van der Waals surface area contributed by atoms with E-state index in [1.54, 1.807) is 12.1 Å². The van der Waals surface area contributed by atoms with Crippen LogP contribution in [-0.2, 0) is 11.2 Å². The van der Waals surface area contributed by atoms with Crippen LogP contribution in [-0.4, -0.2) is 24.5 Å². The molecule has 1 fully saturated rings. The second-order valence-corrected chi connectivity index (χ2v) is 5.10. The van der Waals surface area contributed by atoms with E-state index in [1.165, 1.54) is 12.1 Å². The summed E-state index contributed by atoms with van der Waals surface area (Å²) in [5.41, 5.74) is 0.662. The average molecular weight is 264 g/mol. The van der Waals surface area contributed by atoms with Crippen LogP contribution in [0.2, 0.25) is 0 Å². The molecule has 1 unspecified atom stereocenters. The number of hydrogen-bond acceptors (Lipinski definition) is 2. The third kappa shape index (κ3) is 3.32. The summed E-state index contributed by atoms with van der Waals surface area (Å²) in [7, 11) is 0. The first-order chi connectivity index (χ1) is 9.16. The first-order valence-corrected chi connectivity index (χ1v) is 6.94. The van der Waals surface area contributed by atoms with Gasteiger partial charge in [-0.3, -0.25) is 4.79 Å². The molecule has 1 aromatic carbocycles. The van der Waals surface area contributed by atoms with E-state index in [0.717, 1.165) is 37.8 Å². The Balaban J connectivity index is 1.82. The minimum absolute atomic E-state index is 0.0922. The summed E-state index contributed by atoms with van der Waals surface area (Å²) in [5, 5.41) is 6.30. The first kappa shape index (κ1) is 14.0. The van der Waals surface area contributed by atoms with E-state index >= 15 is 0 Å². The van der Waals surface area contributed by atoms with Gasteiger partial charge < -0.3 is 10.6 Å². The maximum Gasteiger partial charge on any atom is 0.240 e. The molecule has 0 aliphatic carbocycles. The van der Waals surface area contributed by atoms with E-state index in [1.807, 2.05) is 6.92 Å². The van der Waals surface area contributed by atoms with Crippen LogP contribution in [0.1, 0.15) is 31.7 Å². The predicted molar refractivity (Wildman–Crippen MR) is 73.4 cm³/mol. The Hall–Kier alpha value is -1.42. The van der Waals surface area contributed by atoms with Crippen molar-refractivity contribution in [3.63, 3.8) is 0 Å². The van der Waals surface area contributed by atoms with Gasteiger partial charge in [0.05, 0.1) is 5.54 Å². The monoisotopic (exact) mass is 264 g/mol. The molecular formula is C15H21FN2O. The number of carbonyl (C=O) groups is 1. The summed E-state index contributed by atoms with van der Waals surface area (Å²) in [5.74, 6) is -0.137. The van der Waals surface area contributed by atoms with Crippen LogP contribution in [0.3, 0.4) is 0 Å². The number of nitrogens with one attached hydrogen (secondary N) is 2. The molecule has 0 aromatic heterocycles. The molecule has 2 N–H and O–H groups in total. The lowest BCUT2D eigenvalue weighted by Crippen LogP contribution is -2.53. The number of benzene rings is 1. The van der Waals surface area contributed by atoms with Crippen molar-refractivity contribution in [3.05, 3.63) is 35.6 Å². The fraction of sp³-hybridized carbons (Fsp3) is 0.533. The lowest BCUT2D eigenvalue weighted by Gasteiger charge is -2.26. The third-order valence-electron chi connectivity index (χ3n) is 3.89. The minimum atomic E-state index is -0.372. The van der Waals surface area contributed by atoms with Gasteiger partial charge in [-0.1, -0.05) is 19.1 Å². The van der Waals surface area contributed by atoms with E-state index in [0.29, 0.717) is 6.54 Å². The zero-order valence-electron chi connectivity index (χ0n) is 11.3. The maximum absolute atomic E-state index is 12.8. The fourth-order valence-electron chi connectivity index (χ4n) is 2.60. The standard InChI is InChI=1S/C15H21FN2O/c1-2-15(9-3-10-18-15)14(19)17-11-8-12-4-6-13(16)7-5-12/h4-7,18H,2-3,8-11H2,1H3,(H,17,19). The van der Waals surface area contributed by atoms with Crippen molar-refractivity contribution < 1.29 is 9.18 Å². The summed E-state index contributed by atoms with van der Waals surface area (Å²) in [6, 6.07) is 6.40. The van der Waals surface area contributed by atoms with Crippen molar-refractivity contribution in [2.45, 2.75) is 38.1 Å². The Labute approximate surface area is 113 Å². The molecule has 19 heavy (non-hydrogen) atoms. The molecule has 2 rings (SSSR count). The highest BCUT2D eigenvalue weighted by Crippen LogP contribution is 2.22. The van der Waals surface area contributed by atoms with Gasteiger partial charge in [0, 0.05) is 6.54 Å². The number of hydrogen-bond donors (Lipinski definition) is 2. The molecule has 1 aliphatic heterocycles. The molecule has 0 saturated carbocycles. The van der Waals surface area contributed by atoms with Gasteiger partial charge in [-0.25, -0.2) is 4.39 Å². The molecule has 1 amide bonds. The van der Waals surface area contributed by atoms with Crippen LogP contribution in [0, 0.1) is 5.82 Å². The minimum Gasteiger partial charge on any atom is -0.354 e. The van der Waals surface area contributed by atoms with E-state index in [9.17, 15) is 9.18 Å². The number of amides is 1. The fourth-order valence-corrected chi connectivity index (χ4v) is 2.60. The summed E-state index contributed by atoms with van der Waals surface area (Å²) < 4.78 is 12.8. The van der Waals surface area contributed by atoms with Crippen LogP contribution >= 0.6 is 0 Å². The lowest BCUT2D eigenvalue weighted by molar-refractivity contribution is -0.127. The molecule has 104 valence electrons. The normalized spacial score (nSPS) is 22.4. The number of halogens is 1. The molecule has 0 bridgehead atoms. The maximum atomic E-state index is 12.8. The summed E-state index contributed by atoms with van der Waals surface area (Å²) >= 11 is 0. The second kappa shape index (κ2) is 6.15. The van der Waals surface area contributed by atoms with Gasteiger partial charge in [0.1, 0.15) is 5.82 Å². The highest BCUT2D eigenvalue weighted by atomic mass is 19.1. The molecular weight excluding hydrogens is 243 g/mol. The SMILES string of the molecule is CCC1(C(=O)NCCc2ccc(F)cc2)CCCN1. The molecule has 1 aromatic rings. The third-order valence-corrected chi connectivity index (χ3v) is 3.89. The Kier molecular flexibility index (Phi) is 4.53. The number of carbonyl (C=O) groups excluding carboxylic acids is 1. The molecule has 1 atom stereocenters. The Morgan fingerprint density at radius 3 is 2.74 bits per heavy atom. The Morgan fingerprint density at radius 1 is 1.42 bits per heavy atom. The molecule has 1 heterocycles. The van der Waals surface area contributed by atoms with Gasteiger partial charge in [-0.15, -0.1) is 0 Å². The quantitative estimate of drug-likeness (QED) is 0.854. The first-order valence-electron chi connectivity index (χ1n) is 6.94. The van der Waals surface area contributed by atoms with Crippen LogP contribution in [0.25, 0.3) is 0 Å². The molecule has 1 aliphatic rings. The number of rotatable bonds is 5. The van der Waals surface area contributed by atoms with Crippen molar-refractivity contribution in [3.8, 4) is 0 Å².